The van der Waals surface area contributed by atoms with Crippen molar-refractivity contribution in [1.82, 2.24) is 4.98 Å². The first-order valence-corrected chi connectivity index (χ1v) is 8.56. The number of benzene rings is 3. The van der Waals surface area contributed by atoms with Gasteiger partial charge in [-0.3, -0.25) is 4.98 Å². The molecular weight excluding hydrogens is 335 g/mol. The van der Waals surface area contributed by atoms with E-state index in [4.69, 9.17) is 0 Å². The van der Waals surface area contributed by atoms with Gasteiger partial charge in [-0.2, -0.15) is 13.2 Å². The Labute approximate surface area is 148 Å². The molecule has 0 unspecified atom stereocenters. The average molecular weight is 351 g/mol. The highest BCUT2D eigenvalue weighted by Crippen LogP contribution is 2.52. The Morgan fingerprint density at radius 2 is 1.62 bits per heavy atom. The van der Waals surface area contributed by atoms with Gasteiger partial charge in [0.15, 0.2) is 0 Å². The van der Waals surface area contributed by atoms with E-state index >= 15 is 0 Å². The van der Waals surface area contributed by atoms with Gasteiger partial charge >= 0.3 is 6.18 Å². The van der Waals surface area contributed by atoms with Crippen molar-refractivity contribution in [2.45, 2.75) is 32.4 Å². The highest BCUT2D eigenvalue weighted by molar-refractivity contribution is 6.28. The molecule has 1 aliphatic carbocycles. The summed E-state index contributed by atoms with van der Waals surface area (Å²) in [5.41, 5.74) is 2.59. The number of aryl methyl sites for hydroxylation is 1. The van der Waals surface area contributed by atoms with Gasteiger partial charge in [0.25, 0.3) is 0 Å². The van der Waals surface area contributed by atoms with E-state index in [0.29, 0.717) is 5.39 Å². The second-order valence-corrected chi connectivity index (χ2v) is 7.70. The van der Waals surface area contributed by atoms with E-state index in [9.17, 15) is 13.2 Å². The fourth-order valence-electron chi connectivity index (χ4n) is 4.45. The summed E-state index contributed by atoms with van der Waals surface area (Å²) in [6.07, 6.45) is -2.61. The molecule has 1 heterocycles. The number of nitrogens with zero attached hydrogens (tertiary/aromatic N) is 1. The predicted octanol–water partition coefficient (Wildman–Crippen LogP) is 6.51. The largest absolute Gasteiger partial charge is 0.416 e. The monoisotopic (exact) mass is 351 g/mol. The number of aromatic nitrogens is 1. The first kappa shape index (κ1) is 15.6. The average Bonchev–Trinajstić information content (AvgIpc) is 2.81. The van der Waals surface area contributed by atoms with Crippen molar-refractivity contribution in [3.63, 3.8) is 0 Å². The molecule has 5 rings (SSSR count). The van der Waals surface area contributed by atoms with Crippen LogP contribution < -0.4 is 0 Å². The van der Waals surface area contributed by atoms with Gasteiger partial charge in [-0.25, -0.2) is 0 Å². The smallest absolute Gasteiger partial charge is 0.256 e. The van der Waals surface area contributed by atoms with Gasteiger partial charge in [0.05, 0.1) is 11.1 Å². The molecule has 0 N–H and O–H groups in total. The maximum Gasteiger partial charge on any atom is 0.416 e. The lowest BCUT2D eigenvalue weighted by Crippen LogP contribution is -2.16. The van der Waals surface area contributed by atoms with Crippen LogP contribution in [-0.2, 0) is 11.6 Å². The number of halogens is 3. The van der Waals surface area contributed by atoms with Crippen LogP contribution in [-0.4, -0.2) is 4.98 Å². The van der Waals surface area contributed by atoms with Crippen LogP contribution in [0.2, 0.25) is 0 Å². The van der Waals surface area contributed by atoms with E-state index in [0.717, 1.165) is 43.8 Å². The molecule has 1 aromatic heterocycles. The summed E-state index contributed by atoms with van der Waals surface area (Å²) in [5, 5.41) is 4.32. The van der Waals surface area contributed by atoms with Gasteiger partial charge in [-0.15, -0.1) is 0 Å². The summed E-state index contributed by atoms with van der Waals surface area (Å²) in [4.78, 5) is 4.60. The van der Waals surface area contributed by atoms with Crippen LogP contribution >= 0.6 is 0 Å². The summed E-state index contributed by atoms with van der Waals surface area (Å²) < 4.78 is 40.8. The number of hydrogen-bond acceptors (Lipinski definition) is 1. The van der Waals surface area contributed by atoms with Gasteiger partial charge in [-0.05, 0) is 52.4 Å². The first-order valence-electron chi connectivity index (χ1n) is 8.56. The van der Waals surface area contributed by atoms with Crippen molar-refractivity contribution in [3.05, 3.63) is 64.8 Å². The highest BCUT2D eigenvalue weighted by atomic mass is 19.4. The molecule has 0 bridgehead atoms. The topological polar surface area (TPSA) is 12.9 Å². The minimum atomic E-state index is -4.38. The number of alkyl halides is 3. The number of pyridine rings is 1. The summed E-state index contributed by atoms with van der Waals surface area (Å²) >= 11 is 0. The third-order valence-electron chi connectivity index (χ3n) is 5.73. The molecule has 0 radical (unpaired) electrons. The zero-order valence-corrected chi connectivity index (χ0v) is 14.6. The SMILES string of the molecule is Cc1ccc2c(c1)c1cc(C(F)(F)F)cc3c1c1c(ccnc21)C3(C)C. The Bertz CT molecular complexity index is 1250. The molecule has 0 saturated heterocycles. The van der Waals surface area contributed by atoms with Crippen molar-refractivity contribution in [2.24, 2.45) is 0 Å². The molecule has 1 nitrogen and oxygen atoms in total. The minimum absolute atomic E-state index is 0.491. The van der Waals surface area contributed by atoms with Crippen molar-refractivity contribution in [2.75, 3.05) is 0 Å². The van der Waals surface area contributed by atoms with Gasteiger partial charge in [-0.1, -0.05) is 37.6 Å². The molecule has 0 saturated carbocycles. The molecule has 3 aromatic carbocycles. The van der Waals surface area contributed by atoms with Crippen LogP contribution in [0, 0.1) is 6.92 Å². The molecule has 4 heteroatoms. The van der Waals surface area contributed by atoms with Crippen molar-refractivity contribution < 1.29 is 13.2 Å². The lowest BCUT2D eigenvalue weighted by Gasteiger charge is -2.22. The Balaban J connectivity index is 2.15. The lowest BCUT2D eigenvalue weighted by atomic mass is 9.81. The molecule has 0 atom stereocenters. The third kappa shape index (κ3) is 1.79. The minimum Gasteiger partial charge on any atom is -0.256 e. The summed E-state index contributed by atoms with van der Waals surface area (Å²) in [6.45, 7) is 5.94. The zero-order chi connectivity index (χ0) is 18.4. The standard InChI is InChI=1S/C22H16F3N/c1-11-4-5-13-14(8-11)15-9-12(22(23,24)25)10-17-18(15)19-16(21(17,2)3)6-7-26-20(13)19/h4-10H,1-3H3. The van der Waals surface area contributed by atoms with Crippen LogP contribution in [0.4, 0.5) is 13.2 Å². The van der Waals surface area contributed by atoms with Gasteiger partial charge in [0, 0.05) is 22.4 Å². The normalized spacial score (nSPS) is 15.6. The fraction of sp³-hybridized carbons (Fsp3) is 0.227. The maximum atomic E-state index is 13.6. The van der Waals surface area contributed by atoms with E-state index < -0.39 is 17.2 Å². The quantitative estimate of drug-likeness (QED) is 0.329. The van der Waals surface area contributed by atoms with Gasteiger partial charge < -0.3 is 0 Å². The van der Waals surface area contributed by atoms with Gasteiger partial charge in [0.2, 0.25) is 0 Å². The van der Waals surface area contributed by atoms with Gasteiger partial charge in [0.1, 0.15) is 0 Å². The lowest BCUT2D eigenvalue weighted by molar-refractivity contribution is -0.137. The third-order valence-corrected chi connectivity index (χ3v) is 5.73. The van der Waals surface area contributed by atoms with Crippen LogP contribution in [0.3, 0.4) is 0 Å². The Kier molecular flexibility index (Phi) is 2.74. The van der Waals surface area contributed by atoms with E-state index in [1.807, 2.05) is 45.0 Å². The molecule has 0 spiro atoms. The number of rotatable bonds is 0. The molecule has 130 valence electrons. The highest BCUT2D eigenvalue weighted by Gasteiger charge is 2.39. The fourth-order valence-corrected chi connectivity index (χ4v) is 4.45. The van der Waals surface area contributed by atoms with E-state index in [-0.39, 0.29) is 0 Å². The van der Waals surface area contributed by atoms with Crippen LogP contribution in [0.5, 0.6) is 0 Å². The zero-order valence-electron chi connectivity index (χ0n) is 14.6. The Morgan fingerprint density at radius 3 is 2.35 bits per heavy atom. The second-order valence-electron chi connectivity index (χ2n) is 7.70. The second kappa shape index (κ2) is 4.56. The predicted molar refractivity (Wildman–Crippen MR) is 98.6 cm³/mol. The van der Waals surface area contributed by atoms with E-state index in [2.05, 4.69) is 4.98 Å². The summed E-state index contributed by atoms with van der Waals surface area (Å²) in [7, 11) is 0. The van der Waals surface area contributed by atoms with E-state index in [1.165, 1.54) is 12.1 Å². The molecule has 4 aromatic rings. The van der Waals surface area contributed by atoms with Crippen LogP contribution in [0.1, 0.15) is 36.1 Å². The molecule has 26 heavy (non-hydrogen) atoms. The first-order chi connectivity index (χ1) is 12.2. The molecule has 0 amide bonds. The number of hydrogen-bond donors (Lipinski definition) is 0. The molecule has 0 fully saturated rings. The maximum absolute atomic E-state index is 13.6. The van der Waals surface area contributed by atoms with Crippen LogP contribution in [0.25, 0.3) is 32.4 Å². The molecule has 1 aliphatic rings. The molecular formula is C22H16F3N. The van der Waals surface area contributed by atoms with E-state index in [1.54, 1.807) is 6.20 Å². The molecule has 0 aliphatic heterocycles. The van der Waals surface area contributed by atoms with Crippen LogP contribution in [0.15, 0.2) is 42.6 Å². The Morgan fingerprint density at radius 1 is 0.846 bits per heavy atom. The van der Waals surface area contributed by atoms with Crippen molar-refractivity contribution >= 4 is 32.4 Å². The Hall–Kier alpha value is -2.62. The summed E-state index contributed by atoms with van der Waals surface area (Å²) in [6, 6.07) is 10.5. The number of fused-ring (bicyclic) bond motifs is 3. The summed E-state index contributed by atoms with van der Waals surface area (Å²) in [5.74, 6) is 0. The van der Waals surface area contributed by atoms with Crippen molar-refractivity contribution in [1.29, 1.82) is 0 Å². The van der Waals surface area contributed by atoms with Crippen molar-refractivity contribution in [3.8, 4) is 0 Å².